The molecule has 96 valence electrons. The number of hydrogen-bond donors (Lipinski definition) is 1. The Morgan fingerprint density at radius 2 is 2.32 bits per heavy atom. The normalized spacial score (nSPS) is 10.1. The molecular formula is C12H9N3O4. The van der Waals surface area contributed by atoms with Crippen LogP contribution in [0.5, 0.6) is 0 Å². The molecule has 0 aliphatic carbocycles. The number of ether oxygens (including phenoxy) is 1. The van der Waals surface area contributed by atoms with Gasteiger partial charge in [0, 0.05) is 29.1 Å². The predicted molar refractivity (Wildman–Crippen MR) is 65.6 cm³/mol. The fourth-order valence-corrected chi connectivity index (χ4v) is 1.82. The monoisotopic (exact) mass is 259 g/mol. The Morgan fingerprint density at radius 1 is 1.58 bits per heavy atom. The second kappa shape index (κ2) is 4.78. The lowest BCUT2D eigenvalue weighted by Gasteiger charge is -2.01. The molecule has 0 aliphatic rings. The van der Waals surface area contributed by atoms with E-state index in [2.05, 4.69) is 4.98 Å². The van der Waals surface area contributed by atoms with E-state index in [1.54, 1.807) is 6.92 Å². The average Bonchev–Trinajstić information content (AvgIpc) is 2.81. The van der Waals surface area contributed by atoms with Crippen LogP contribution in [0.2, 0.25) is 0 Å². The number of aromatic amines is 1. The highest BCUT2D eigenvalue weighted by Crippen LogP contribution is 2.28. The number of non-ortho nitro benzene ring substituents is 1. The summed E-state index contributed by atoms with van der Waals surface area (Å²) in [5.74, 6) is -0.595. The quantitative estimate of drug-likeness (QED) is 0.515. The lowest BCUT2D eigenvalue weighted by Crippen LogP contribution is -2.05. The largest absolute Gasteiger partial charge is 0.461 e. The number of benzene rings is 1. The van der Waals surface area contributed by atoms with Gasteiger partial charge in [-0.15, -0.1) is 0 Å². The Kier molecular flexibility index (Phi) is 3.16. The van der Waals surface area contributed by atoms with Crippen LogP contribution >= 0.6 is 0 Å². The Morgan fingerprint density at radius 3 is 2.89 bits per heavy atom. The molecule has 0 saturated carbocycles. The first kappa shape index (κ1) is 12.6. The van der Waals surface area contributed by atoms with E-state index in [1.165, 1.54) is 12.3 Å². The van der Waals surface area contributed by atoms with E-state index in [0.717, 1.165) is 6.07 Å². The zero-order valence-electron chi connectivity index (χ0n) is 9.97. The van der Waals surface area contributed by atoms with Gasteiger partial charge in [0.15, 0.2) is 0 Å². The van der Waals surface area contributed by atoms with Gasteiger partial charge >= 0.3 is 5.97 Å². The van der Waals surface area contributed by atoms with Crippen LogP contribution in [0.1, 0.15) is 23.0 Å². The molecule has 0 amide bonds. The first-order valence-corrected chi connectivity index (χ1v) is 5.45. The first-order chi connectivity index (χ1) is 9.08. The summed E-state index contributed by atoms with van der Waals surface area (Å²) in [5, 5.41) is 20.6. The molecule has 7 heteroatoms. The summed E-state index contributed by atoms with van der Waals surface area (Å²) in [5.41, 5.74) is -0.00439. The van der Waals surface area contributed by atoms with Crippen LogP contribution in [0, 0.1) is 21.4 Å². The number of nitriles is 1. The van der Waals surface area contributed by atoms with Crippen LogP contribution in [0.3, 0.4) is 0 Å². The molecule has 1 aromatic carbocycles. The van der Waals surface area contributed by atoms with Crippen LogP contribution in [0.25, 0.3) is 10.8 Å². The topological polar surface area (TPSA) is 109 Å². The molecule has 0 atom stereocenters. The third-order valence-corrected chi connectivity index (χ3v) is 2.59. The third-order valence-electron chi connectivity index (χ3n) is 2.59. The highest BCUT2D eigenvalue weighted by Gasteiger charge is 2.20. The van der Waals surface area contributed by atoms with Crippen molar-refractivity contribution < 1.29 is 14.5 Å². The van der Waals surface area contributed by atoms with Crippen molar-refractivity contribution in [2.75, 3.05) is 6.61 Å². The van der Waals surface area contributed by atoms with Crippen molar-refractivity contribution in [1.82, 2.24) is 4.98 Å². The van der Waals surface area contributed by atoms with Gasteiger partial charge < -0.3 is 9.72 Å². The SMILES string of the molecule is CCOC(=O)c1[nH]cc2cc([N+](=O)[O-])cc(C#N)c12. The second-order valence-corrected chi connectivity index (χ2v) is 3.71. The van der Waals surface area contributed by atoms with E-state index in [-0.39, 0.29) is 23.6 Å². The predicted octanol–water partition coefficient (Wildman–Crippen LogP) is 2.12. The molecule has 0 spiro atoms. The minimum absolute atomic E-state index is 0.0634. The first-order valence-electron chi connectivity index (χ1n) is 5.45. The maximum atomic E-state index is 11.7. The Bertz CT molecular complexity index is 712. The van der Waals surface area contributed by atoms with Crippen LogP contribution in [0.4, 0.5) is 5.69 Å². The van der Waals surface area contributed by atoms with E-state index in [0.29, 0.717) is 10.8 Å². The number of nitrogens with zero attached hydrogens (tertiary/aromatic N) is 2. The number of carbonyl (C=O) groups excluding carboxylic acids is 1. The molecule has 0 unspecified atom stereocenters. The van der Waals surface area contributed by atoms with Gasteiger partial charge in [-0.1, -0.05) is 0 Å². The van der Waals surface area contributed by atoms with Crippen molar-refractivity contribution in [1.29, 1.82) is 5.26 Å². The number of fused-ring (bicyclic) bond motifs is 1. The molecule has 2 aromatic rings. The van der Waals surface area contributed by atoms with E-state index in [1.807, 2.05) is 6.07 Å². The molecule has 0 saturated heterocycles. The molecule has 0 bridgehead atoms. The molecule has 0 aliphatic heterocycles. The minimum Gasteiger partial charge on any atom is -0.461 e. The number of esters is 1. The summed E-state index contributed by atoms with van der Waals surface area (Å²) < 4.78 is 4.86. The summed E-state index contributed by atoms with van der Waals surface area (Å²) in [6, 6.07) is 4.30. The summed E-state index contributed by atoms with van der Waals surface area (Å²) in [6.07, 6.45) is 1.44. The number of nitro groups is 1. The van der Waals surface area contributed by atoms with Gasteiger partial charge in [-0.05, 0) is 6.92 Å². The van der Waals surface area contributed by atoms with Gasteiger partial charge in [0.25, 0.3) is 5.69 Å². The van der Waals surface area contributed by atoms with Crippen molar-refractivity contribution in [3.05, 3.63) is 39.7 Å². The summed E-state index contributed by atoms with van der Waals surface area (Å²) in [7, 11) is 0. The summed E-state index contributed by atoms with van der Waals surface area (Å²) in [6.45, 7) is 1.87. The standard InChI is InChI=1S/C12H9N3O4/c1-2-19-12(16)11-10-7(5-13)3-9(15(17)18)4-8(10)6-14-11/h3-4,6,14H,2H2,1H3. The summed E-state index contributed by atoms with van der Waals surface area (Å²) in [4.78, 5) is 24.6. The fourth-order valence-electron chi connectivity index (χ4n) is 1.82. The second-order valence-electron chi connectivity index (χ2n) is 3.71. The summed E-state index contributed by atoms with van der Waals surface area (Å²) >= 11 is 0. The molecule has 0 fully saturated rings. The van der Waals surface area contributed by atoms with Gasteiger partial charge in [-0.2, -0.15) is 5.26 Å². The molecule has 1 aromatic heterocycles. The zero-order chi connectivity index (χ0) is 14.0. The molecule has 1 heterocycles. The van der Waals surface area contributed by atoms with Gasteiger partial charge in [0.05, 0.1) is 17.1 Å². The Hall–Kier alpha value is -2.88. The van der Waals surface area contributed by atoms with E-state index >= 15 is 0 Å². The van der Waals surface area contributed by atoms with Gasteiger partial charge in [-0.3, -0.25) is 10.1 Å². The van der Waals surface area contributed by atoms with Crippen molar-refractivity contribution in [2.45, 2.75) is 6.92 Å². The van der Waals surface area contributed by atoms with Crippen molar-refractivity contribution in [3.8, 4) is 6.07 Å². The maximum Gasteiger partial charge on any atom is 0.355 e. The molecule has 19 heavy (non-hydrogen) atoms. The van der Waals surface area contributed by atoms with E-state index < -0.39 is 10.9 Å². The number of H-pyrrole nitrogens is 1. The van der Waals surface area contributed by atoms with E-state index in [4.69, 9.17) is 10.00 Å². The van der Waals surface area contributed by atoms with Crippen molar-refractivity contribution in [2.24, 2.45) is 0 Å². The smallest absolute Gasteiger partial charge is 0.355 e. The number of nitrogens with one attached hydrogen (secondary N) is 1. The zero-order valence-corrected chi connectivity index (χ0v) is 9.97. The molecule has 0 radical (unpaired) electrons. The lowest BCUT2D eigenvalue weighted by molar-refractivity contribution is -0.384. The number of hydrogen-bond acceptors (Lipinski definition) is 5. The number of aromatic nitrogens is 1. The maximum absolute atomic E-state index is 11.7. The van der Waals surface area contributed by atoms with Gasteiger partial charge in [0.1, 0.15) is 11.8 Å². The van der Waals surface area contributed by atoms with Crippen LogP contribution in [0.15, 0.2) is 18.3 Å². The van der Waals surface area contributed by atoms with Crippen LogP contribution in [-0.2, 0) is 4.74 Å². The minimum atomic E-state index is -0.595. The number of carbonyl (C=O) groups is 1. The van der Waals surface area contributed by atoms with Crippen molar-refractivity contribution >= 4 is 22.4 Å². The Labute approximate surface area is 107 Å². The van der Waals surface area contributed by atoms with Gasteiger partial charge in [-0.25, -0.2) is 4.79 Å². The fraction of sp³-hybridized carbons (Fsp3) is 0.167. The highest BCUT2D eigenvalue weighted by atomic mass is 16.6. The lowest BCUT2D eigenvalue weighted by atomic mass is 10.1. The van der Waals surface area contributed by atoms with Crippen LogP contribution < -0.4 is 0 Å². The molecule has 2 rings (SSSR count). The van der Waals surface area contributed by atoms with Gasteiger partial charge in [0.2, 0.25) is 0 Å². The molecule has 1 N–H and O–H groups in total. The Balaban J connectivity index is 2.69. The highest BCUT2D eigenvalue weighted by molar-refractivity contribution is 6.06. The van der Waals surface area contributed by atoms with E-state index in [9.17, 15) is 14.9 Å². The third kappa shape index (κ3) is 2.11. The van der Waals surface area contributed by atoms with Crippen molar-refractivity contribution in [3.63, 3.8) is 0 Å². The molecule has 7 nitrogen and oxygen atoms in total. The number of rotatable bonds is 3. The van der Waals surface area contributed by atoms with Crippen LogP contribution in [-0.4, -0.2) is 22.5 Å². The average molecular weight is 259 g/mol. The number of nitro benzene ring substituents is 1. The molecular weight excluding hydrogens is 250 g/mol.